The zero-order valence-corrected chi connectivity index (χ0v) is 20.3. The topological polar surface area (TPSA) is 88.3 Å². The van der Waals surface area contributed by atoms with Crippen LogP contribution in [-0.4, -0.2) is 16.7 Å². The number of nitrogens with one attached hydrogen (secondary N) is 1. The van der Waals surface area contributed by atoms with Gasteiger partial charge in [-0.15, -0.1) is 0 Å². The van der Waals surface area contributed by atoms with Crippen molar-refractivity contribution in [3.8, 4) is 11.1 Å². The van der Waals surface area contributed by atoms with Crippen molar-refractivity contribution in [2.75, 3.05) is 0 Å². The average molecular weight is 491 g/mol. The summed E-state index contributed by atoms with van der Waals surface area (Å²) < 4.78 is 6.25. The van der Waals surface area contributed by atoms with E-state index >= 15 is 0 Å². The number of aliphatic imine (C=N–C) groups is 1. The summed E-state index contributed by atoms with van der Waals surface area (Å²) in [6.45, 7) is 0. The number of nitrogens with zero attached hydrogens (tertiary/aromatic N) is 2. The van der Waals surface area contributed by atoms with Crippen molar-refractivity contribution in [1.29, 1.82) is 5.41 Å². The van der Waals surface area contributed by atoms with Crippen LogP contribution in [0.1, 0.15) is 11.1 Å². The summed E-state index contributed by atoms with van der Waals surface area (Å²) in [5.74, 6) is 0.422. The number of furan rings is 1. The molecule has 7 aromatic rings. The lowest BCUT2D eigenvalue weighted by molar-refractivity contribution is 0.672. The number of nitrogens with two attached hydrogens (primary N) is 1. The lowest BCUT2D eigenvalue weighted by atomic mass is 9.93. The number of rotatable bonds is 3. The van der Waals surface area contributed by atoms with Gasteiger partial charge in [-0.05, 0) is 45.5 Å². The van der Waals surface area contributed by atoms with Crippen LogP contribution in [0.3, 0.4) is 0 Å². The molecule has 0 bridgehead atoms. The Balaban J connectivity index is 1.34. The van der Waals surface area contributed by atoms with Gasteiger partial charge in [0.2, 0.25) is 0 Å². The second kappa shape index (κ2) is 8.68. The van der Waals surface area contributed by atoms with E-state index in [2.05, 4.69) is 40.3 Å². The van der Waals surface area contributed by atoms with Crippen molar-refractivity contribution >= 4 is 55.2 Å². The molecule has 0 atom stereocenters. The molecule has 0 saturated carbocycles. The summed E-state index contributed by atoms with van der Waals surface area (Å²) in [7, 11) is 0. The fraction of sp³-hybridized carbons (Fsp3) is 0. The monoisotopic (exact) mass is 490 g/mol. The molecule has 2 aromatic heterocycles. The van der Waals surface area contributed by atoms with Gasteiger partial charge in [0, 0.05) is 39.7 Å². The Labute approximate surface area is 218 Å². The zero-order valence-electron chi connectivity index (χ0n) is 20.3. The van der Waals surface area contributed by atoms with Crippen LogP contribution in [0.25, 0.3) is 54.6 Å². The quantitative estimate of drug-likeness (QED) is 0.197. The molecular formula is C33H22N4O. The molecule has 2 heterocycles. The minimum Gasteiger partial charge on any atom is -0.455 e. The Morgan fingerprint density at radius 3 is 2.39 bits per heavy atom. The highest BCUT2D eigenvalue weighted by molar-refractivity contribution is 6.19. The van der Waals surface area contributed by atoms with Crippen molar-refractivity contribution < 1.29 is 4.42 Å². The molecule has 0 saturated heterocycles. The van der Waals surface area contributed by atoms with Crippen molar-refractivity contribution in [2.45, 2.75) is 0 Å². The molecule has 0 amide bonds. The van der Waals surface area contributed by atoms with E-state index in [1.54, 1.807) is 6.20 Å². The fourth-order valence-corrected chi connectivity index (χ4v) is 5.19. The second-order valence-electron chi connectivity index (χ2n) is 9.27. The number of hydrogen-bond acceptors (Lipinski definition) is 3. The van der Waals surface area contributed by atoms with Gasteiger partial charge >= 0.3 is 0 Å². The molecule has 0 aliphatic rings. The summed E-state index contributed by atoms with van der Waals surface area (Å²) in [5, 5.41) is 15.2. The first kappa shape index (κ1) is 21.9. The Morgan fingerprint density at radius 1 is 0.711 bits per heavy atom. The third kappa shape index (κ3) is 3.52. The van der Waals surface area contributed by atoms with Crippen LogP contribution in [0.5, 0.6) is 0 Å². The zero-order chi connectivity index (χ0) is 25.6. The summed E-state index contributed by atoms with van der Waals surface area (Å²) in [6, 6.07) is 34.2. The summed E-state index contributed by atoms with van der Waals surface area (Å²) >= 11 is 0. The molecule has 0 aliphatic carbocycles. The summed E-state index contributed by atoms with van der Waals surface area (Å²) in [4.78, 5) is 8.79. The maximum atomic E-state index is 8.88. The Morgan fingerprint density at radius 2 is 1.47 bits per heavy atom. The van der Waals surface area contributed by atoms with Crippen LogP contribution in [-0.2, 0) is 0 Å². The predicted octanol–water partition coefficient (Wildman–Crippen LogP) is 7.69. The van der Waals surface area contributed by atoms with Crippen LogP contribution in [0.2, 0.25) is 0 Å². The highest BCUT2D eigenvalue weighted by Crippen LogP contribution is 2.38. The van der Waals surface area contributed by atoms with Crippen molar-refractivity contribution in [1.82, 2.24) is 4.98 Å². The van der Waals surface area contributed by atoms with Crippen molar-refractivity contribution in [3.05, 3.63) is 127 Å². The molecule has 5 nitrogen and oxygen atoms in total. The van der Waals surface area contributed by atoms with E-state index in [-0.39, 0.29) is 5.84 Å². The molecule has 0 fully saturated rings. The molecule has 5 heteroatoms. The summed E-state index contributed by atoms with van der Waals surface area (Å²) in [6.07, 6.45) is 3.58. The molecule has 0 radical (unpaired) electrons. The smallest absolute Gasteiger partial charge is 0.154 e. The van der Waals surface area contributed by atoms with Gasteiger partial charge in [-0.2, -0.15) is 0 Å². The standard InChI is InChI=1S/C33H22N4O/c34-32(22-13-12-20-6-1-2-7-21(20)18-22)37-33(35)28-9-4-3-8-24(28)23-10-5-11-26-25(23)14-15-27-29-19-36-17-16-30(29)38-31(26)27/h1-19H,(H3,34,35,37). The third-order valence-corrected chi connectivity index (χ3v) is 7.05. The SMILES string of the molecule is N=C(N=C(N)c1ccc2ccccc2c1)c1ccccc1-c1cccc2c1ccc1c3cnccc3oc21. The Hall–Kier alpha value is -5.29. The van der Waals surface area contributed by atoms with Gasteiger partial charge < -0.3 is 10.2 Å². The van der Waals surface area contributed by atoms with Gasteiger partial charge in [0.1, 0.15) is 17.0 Å². The van der Waals surface area contributed by atoms with Gasteiger partial charge in [0.05, 0.1) is 0 Å². The van der Waals surface area contributed by atoms with Gasteiger partial charge in [0.25, 0.3) is 0 Å². The maximum Gasteiger partial charge on any atom is 0.154 e. The maximum absolute atomic E-state index is 8.88. The van der Waals surface area contributed by atoms with Gasteiger partial charge in [-0.3, -0.25) is 10.4 Å². The minimum atomic E-state index is 0.110. The highest BCUT2D eigenvalue weighted by atomic mass is 16.3. The first-order valence-corrected chi connectivity index (χ1v) is 12.4. The van der Waals surface area contributed by atoms with Gasteiger partial charge in [-0.25, -0.2) is 4.99 Å². The van der Waals surface area contributed by atoms with Crippen LogP contribution in [0, 0.1) is 5.41 Å². The van der Waals surface area contributed by atoms with Crippen molar-refractivity contribution in [2.24, 2.45) is 10.7 Å². The molecule has 3 N–H and O–H groups in total. The number of amidine groups is 2. The van der Waals surface area contributed by atoms with E-state index in [4.69, 9.17) is 15.6 Å². The number of aromatic nitrogens is 1. The third-order valence-electron chi connectivity index (χ3n) is 7.05. The first-order chi connectivity index (χ1) is 18.7. The van der Waals surface area contributed by atoms with E-state index < -0.39 is 0 Å². The van der Waals surface area contributed by atoms with Gasteiger partial charge in [0.15, 0.2) is 5.84 Å². The average Bonchev–Trinajstić information content (AvgIpc) is 3.36. The van der Waals surface area contributed by atoms with Gasteiger partial charge in [-0.1, -0.05) is 84.9 Å². The fourth-order valence-electron chi connectivity index (χ4n) is 5.19. The van der Waals surface area contributed by atoms with Crippen LogP contribution in [0.4, 0.5) is 0 Å². The van der Waals surface area contributed by atoms with Crippen LogP contribution >= 0.6 is 0 Å². The molecule has 180 valence electrons. The van der Waals surface area contributed by atoms with Crippen LogP contribution < -0.4 is 5.73 Å². The predicted molar refractivity (Wildman–Crippen MR) is 156 cm³/mol. The molecule has 0 spiro atoms. The first-order valence-electron chi connectivity index (χ1n) is 12.4. The Kier molecular flexibility index (Phi) is 5.01. The lowest BCUT2D eigenvalue weighted by Crippen LogP contribution is -2.16. The van der Waals surface area contributed by atoms with Crippen LogP contribution in [0.15, 0.2) is 125 Å². The highest BCUT2D eigenvalue weighted by Gasteiger charge is 2.16. The molecular weight excluding hydrogens is 468 g/mol. The number of fused-ring (bicyclic) bond motifs is 6. The van der Waals surface area contributed by atoms with E-state index in [1.807, 2.05) is 79.0 Å². The van der Waals surface area contributed by atoms with E-state index in [9.17, 15) is 0 Å². The number of hydrogen-bond donors (Lipinski definition) is 2. The largest absolute Gasteiger partial charge is 0.455 e. The van der Waals surface area contributed by atoms with E-state index in [0.29, 0.717) is 11.4 Å². The molecule has 0 aliphatic heterocycles. The lowest BCUT2D eigenvalue weighted by Gasteiger charge is -2.12. The molecule has 38 heavy (non-hydrogen) atoms. The molecule has 0 unspecified atom stereocenters. The number of benzene rings is 5. The molecule has 7 rings (SSSR count). The summed E-state index contributed by atoms with van der Waals surface area (Å²) in [5.41, 5.74) is 11.5. The molecule has 5 aromatic carbocycles. The second-order valence-corrected chi connectivity index (χ2v) is 9.27. The normalized spacial score (nSPS) is 12.1. The Bertz CT molecular complexity index is 2070. The van der Waals surface area contributed by atoms with E-state index in [1.165, 1.54) is 0 Å². The minimum absolute atomic E-state index is 0.110. The van der Waals surface area contributed by atoms with E-state index in [0.717, 1.165) is 60.2 Å². The number of pyridine rings is 1. The van der Waals surface area contributed by atoms with Crippen molar-refractivity contribution in [3.63, 3.8) is 0 Å².